The molecule has 0 spiro atoms. The third kappa shape index (κ3) is 32.2. The number of nitrogens with one attached hydrogen (secondary N) is 7. The van der Waals surface area contributed by atoms with Gasteiger partial charge in [0.1, 0.15) is 59.5 Å². The zero-order valence-electron chi connectivity index (χ0n) is 59.2. The van der Waals surface area contributed by atoms with E-state index in [4.69, 9.17) is 24.7 Å². The van der Waals surface area contributed by atoms with Crippen LogP contribution in [-0.4, -0.2) is 133 Å². The summed E-state index contributed by atoms with van der Waals surface area (Å²) in [6, 6.07) is 4.71. The number of nitrogens with two attached hydrogens (primary N) is 1. The highest BCUT2D eigenvalue weighted by Gasteiger charge is 2.38. The summed E-state index contributed by atoms with van der Waals surface area (Å²) < 4.78 is 22.1. The van der Waals surface area contributed by atoms with Crippen LogP contribution >= 0.6 is 0 Å². The van der Waals surface area contributed by atoms with Crippen LogP contribution in [0.2, 0.25) is 0 Å². The fraction of sp³-hybridized carbons (Fsp3) is 0.690. The molecular weight excluding hydrogens is 1200 g/mol. The van der Waals surface area contributed by atoms with Crippen LogP contribution in [-0.2, 0) is 57.4 Å². The monoisotopic (exact) mass is 1320 g/mol. The Hall–Kier alpha value is -7.30. The fourth-order valence-electron chi connectivity index (χ4n) is 10.6. The summed E-state index contributed by atoms with van der Waals surface area (Å²) in [7, 11) is 3.11. The SMILES string of the molecule is CCCCCCCCCCCC(CC(=O)O)OC(=O)[C@@H](NC(=O)[C@@H](CC(C)C)NC(=O)[C@H](CC(=O)OC(C)(C)C)NC(=O)[C@@H](NC(=O)[C@H](CC(C)C)NC(=O)[C@H](CC(C)C)NC(=O)[C@@H](N)CCC(=O)NC(c1ccc(OC)cc1)c1ccc(OC)cc1)C(C)C)[C@@H](C)CC. The van der Waals surface area contributed by atoms with Gasteiger partial charge in [-0.2, -0.15) is 0 Å². The number of benzene rings is 2. The van der Waals surface area contributed by atoms with Crippen LogP contribution in [0.25, 0.3) is 0 Å². The van der Waals surface area contributed by atoms with Gasteiger partial charge in [0.05, 0.1) is 39.1 Å². The number of amides is 7. The second-order valence-corrected chi connectivity index (χ2v) is 27.5. The number of aliphatic carboxylic acids is 1. The van der Waals surface area contributed by atoms with Crippen molar-refractivity contribution in [2.45, 2.75) is 273 Å². The molecule has 0 radical (unpaired) electrons. The average Bonchev–Trinajstić information content (AvgIpc) is 0.927. The van der Waals surface area contributed by atoms with E-state index >= 15 is 0 Å². The lowest BCUT2D eigenvalue weighted by Crippen LogP contribution is -2.61. The van der Waals surface area contributed by atoms with Crippen molar-refractivity contribution in [2.24, 2.45) is 35.3 Å². The van der Waals surface area contributed by atoms with Crippen molar-refractivity contribution >= 4 is 59.3 Å². The van der Waals surface area contributed by atoms with E-state index in [9.17, 15) is 53.1 Å². The highest BCUT2D eigenvalue weighted by atomic mass is 16.6. The molecule has 7 amide bonds. The van der Waals surface area contributed by atoms with Crippen LogP contribution in [0.3, 0.4) is 0 Å². The van der Waals surface area contributed by atoms with Crippen LogP contribution in [0, 0.1) is 29.6 Å². The van der Waals surface area contributed by atoms with Gasteiger partial charge in [0.15, 0.2) is 0 Å². The predicted molar refractivity (Wildman–Crippen MR) is 362 cm³/mol. The van der Waals surface area contributed by atoms with Gasteiger partial charge in [0.25, 0.3) is 0 Å². The Morgan fingerprint density at radius 3 is 1.33 bits per heavy atom. The third-order valence-corrected chi connectivity index (χ3v) is 16.0. The van der Waals surface area contributed by atoms with E-state index in [2.05, 4.69) is 44.1 Å². The van der Waals surface area contributed by atoms with Crippen LogP contribution in [0.4, 0.5) is 0 Å². The molecular formula is C71H116N8O15. The summed E-state index contributed by atoms with van der Waals surface area (Å²) in [5.41, 5.74) is 6.94. The molecule has 2 aromatic rings. The Morgan fingerprint density at radius 1 is 0.500 bits per heavy atom. The molecule has 10 N–H and O–H groups in total. The second kappa shape index (κ2) is 42.9. The van der Waals surface area contributed by atoms with Gasteiger partial charge < -0.3 is 67.0 Å². The molecule has 2 rings (SSSR count). The first-order chi connectivity index (χ1) is 44.2. The van der Waals surface area contributed by atoms with Crippen molar-refractivity contribution in [2.75, 3.05) is 14.2 Å². The van der Waals surface area contributed by atoms with Crippen molar-refractivity contribution in [3.8, 4) is 11.5 Å². The molecule has 0 aliphatic rings. The summed E-state index contributed by atoms with van der Waals surface area (Å²) in [6.07, 6.45) is 8.19. The van der Waals surface area contributed by atoms with E-state index in [1.54, 1.807) is 80.0 Å². The summed E-state index contributed by atoms with van der Waals surface area (Å²) in [5, 5.41) is 29.2. The fourth-order valence-corrected chi connectivity index (χ4v) is 10.6. The number of esters is 2. The molecule has 0 heterocycles. The summed E-state index contributed by atoms with van der Waals surface area (Å²) in [4.78, 5) is 139. The maximum absolute atomic E-state index is 14.6. The first kappa shape index (κ1) is 82.8. The molecule has 0 aromatic heterocycles. The van der Waals surface area contributed by atoms with Gasteiger partial charge in [-0.25, -0.2) is 4.79 Å². The van der Waals surface area contributed by atoms with E-state index in [1.807, 2.05) is 72.7 Å². The van der Waals surface area contributed by atoms with E-state index < -0.39 is 138 Å². The highest BCUT2D eigenvalue weighted by Crippen LogP contribution is 2.27. The van der Waals surface area contributed by atoms with Crippen LogP contribution in [0.15, 0.2) is 48.5 Å². The summed E-state index contributed by atoms with van der Waals surface area (Å²) in [6.45, 7) is 24.9. The first-order valence-corrected chi connectivity index (χ1v) is 34.0. The van der Waals surface area contributed by atoms with Crippen LogP contribution in [0.1, 0.15) is 230 Å². The van der Waals surface area contributed by atoms with Crippen molar-refractivity contribution in [3.05, 3.63) is 59.7 Å². The number of hydrogen-bond donors (Lipinski definition) is 9. The van der Waals surface area contributed by atoms with Gasteiger partial charge in [-0.15, -0.1) is 0 Å². The molecule has 0 aliphatic carbocycles. The lowest BCUT2D eigenvalue weighted by atomic mass is 9.97. The molecule has 94 heavy (non-hydrogen) atoms. The Kier molecular flexibility index (Phi) is 37.8. The minimum Gasteiger partial charge on any atom is -0.497 e. The van der Waals surface area contributed by atoms with E-state index in [-0.39, 0.29) is 55.8 Å². The zero-order chi connectivity index (χ0) is 70.8. The van der Waals surface area contributed by atoms with Gasteiger partial charge >= 0.3 is 17.9 Å². The molecule has 9 atom stereocenters. The Morgan fingerprint density at radius 2 is 0.915 bits per heavy atom. The van der Waals surface area contributed by atoms with Crippen molar-refractivity contribution in [1.29, 1.82) is 0 Å². The second-order valence-electron chi connectivity index (χ2n) is 27.5. The van der Waals surface area contributed by atoms with Gasteiger partial charge in [0, 0.05) is 6.42 Å². The zero-order valence-corrected chi connectivity index (χ0v) is 59.2. The number of ether oxygens (including phenoxy) is 4. The van der Waals surface area contributed by atoms with Gasteiger partial charge in [0.2, 0.25) is 41.4 Å². The molecule has 1 unspecified atom stereocenters. The molecule has 530 valence electrons. The molecule has 0 bridgehead atoms. The van der Waals surface area contributed by atoms with Gasteiger partial charge in [-0.3, -0.25) is 43.2 Å². The largest absolute Gasteiger partial charge is 0.497 e. The first-order valence-electron chi connectivity index (χ1n) is 34.0. The quantitative estimate of drug-likeness (QED) is 0.0221. The Bertz CT molecular complexity index is 2630. The number of carboxylic acids is 1. The lowest BCUT2D eigenvalue weighted by Gasteiger charge is -2.30. The summed E-state index contributed by atoms with van der Waals surface area (Å²) in [5.74, 6) is -8.33. The smallest absolute Gasteiger partial charge is 0.329 e. The van der Waals surface area contributed by atoms with Gasteiger partial charge in [-0.05, 0) is 124 Å². The number of carboxylic acid groups (broad SMARTS) is 1. The molecule has 23 heteroatoms. The molecule has 0 aliphatic heterocycles. The summed E-state index contributed by atoms with van der Waals surface area (Å²) >= 11 is 0. The normalized spacial score (nSPS) is 14.5. The van der Waals surface area contributed by atoms with E-state index in [0.29, 0.717) is 30.8 Å². The minimum atomic E-state index is -1.67. The van der Waals surface area contributed by atoms with E-state index in [0.717, 1.165) is 36.8 Å². The standard InChI is InChI=1S/C71H116N8O15/c1-17-19-20-21-22-23-24-25-26-27-52(41-59(81)82)93-70(90)62(47(11)18-2)79-68(88)56(40-45(7)8)75-66(86)57(42-60(83)94-71(12,13)14)76-69(89)61(46(9)10)78-67(87)55(39-44(5)6)74-65(85)54(38-43(3)4)73-64(84)53(72)36-37-58(80)77-63(48-28-32-50(91-15)33-29-48)49-30-34-51(92-16)35-31-49/h28-35,43-47,52-57,61-63H,17-27,36-42,72H2,1-16H3,(H,73,84)(H,74,85)(H,75,86)(H,76,89)(H,77,80)(H,78,87)(H,79,88)(H,81,82)/t47-,52?,53-,54-,55-,56+,57-,61-,62-/m0/s1. The van der Waals surface area contributed by atoms with E-state index in [1.165, 1.54) is 25.7 Å². The highest BCUT2D eigenvalue weighted by molar-refractivity contribution is 5.98. The van der Waals surface area contributed by atoms with Gasteiger partial charge in [-0.1, -0.05) is 158 Å². The minimum absolute atomic E-state index is 0.0493. The number of methoxy groups -OCH3 is 2. The number of carbonyl (C=O) groups excluding carboxylic acids is 9. The number of unbranched alkanes of at least 4 members (excludes halogenated alkanes) is 8. The van der Waals surface area contributed by atoms with Crippen LogP contribution < -0.4 is 52.4 Å². The molecule has 0 saturated carbocycles. The maximum atomic E-state index is 14.6. The Labute approximate surface area is 559 Å². The lowest BCUT2D eigenvalue weighted by molar-refractivity contribution is -0.159. The topological polar surface area (TPSA) is 338 Å². The molecule has 2 aromatic carbocycles. The van der Waals surface area contributed by atoms with Crippen molar-refractivity contribution in [3.63, 3.8) is 0 Å². The molecule has 0 saturated heterocycles. The van der Waals surface area contributed by atoms with Crippen LogP contribution in [0.5, 0.6) is 11.5 Å². The average molecular weight is 1320 g/mol. The molecule has 0 fully saturated rings. The third-order valence-electron chi connectivity index (χ3n) is 16.0. The Balaban J connectivity index is 2.36. The predicted octanol–water partition coefficient (Wildman–Crippen LogP) is 8.81. The number of rotatable bonds is 45. The molecule has 23 nitrogen and oxygen atoms in total. The number of carbonyl (C=O) groups is 10. The number of hydrogen-bond acceptors (Lipinski definition) is 15. The van der Waals surface area contributed by atoms with Crippen molar-refractivity contribution < 1.29 is 72.0 Å². The van der Waals surface area contributed by atoms with Crippen molar-refractivity contribution in [1.82, 2.24) is 37.2 Å². The maximum Gasteiger partial charge on any atom is 0.329 e.